The second-order valence-corrected chi connectivity index (χ2v) is 2.91. The standard InChI is InChI=1S/C9H9F3N2O3/c1-16-7-5(4-15)2-6(3-13)14-8(7)17-9(10,11)12/h2,4H,3,13H2,1H3. The van der Waals surface area contributed by atoms with Crippen LogP contribution in [0.15, 0.2) is 6.07 Å². The van der Waals surface area contributed by atoms with Gasteiger partial charge in [0.05, 0.1) is 18.4 Å². The van der Waals surface area contributed by atoms with Crippen molar-refractivity contribution in [2.45, 2.75) is 12.9 Å². The van der Waals surface area contributed by atoms with E-state index in [4.69, 9.17) is 5.73 Å². The molecule has 0 bridgehead atoms. The highest BCUT2D eigenvalue weighted by Gasteiger charge is 2.34. The average Bonchev–Trinajstić information content (AvgIpc) is 2.25. The number of nitrogens with zero attached hydrogens (tertiary/aromatic N) is 1. The summed E-state index contributed by atoms with van der Waals surface area (Å²) in [4.78, 5) is 14.2. The number of ether oxygens (including phenoxy) is 2. The molecule has 0 atom stereocenters. The van der Waals surface area contributed by atoms with Crippen LogP contribution in [0.25, 0.3) is 0 Å². The van der Waals surface area contributed by atoms with E-state index in [-0.39, 0.29) is 23.6 Å². The number of nitrogens with two attached hydrogens (primary N) is 1. The number of carbonyl (C=O) groups excluding carboxylic acids is 1. The third-order valence-corrected chi connectivity index (χ3v) is 1.78. The molecule has 0 amide bonds. The monoisotopic (exact) mass is 250 g/mol. The van der Waals surface area contributed by atoms with Crippen molar-refractivity contribution in [3.8, 4) is 11.6 Å². The quantitative estimate of drug-likeness (QED) is 0.814. The van der Waals surface area contributed by atoms with Crippen LogP contribution >= 0.6 is 0 Å². The minimum Gasteiger partial charge on any atom is -0.491 e. The Hall–Kier alpha value is -1.83. The van der Waals surface area contributed by atoms with Gasteiger partial charge in [0.2, 0.25) is 0 Å². The molecule has 17 heavy (non-hydrogen) atoms. The summed E-state index contributed by atoms with van der Waals surface area (Å²) in [5.41, 5.74) is 5.22. The van der Waals surface area contributed by atoms with Gasteiger partial charge in [0, 0.05) is 6.54 Å². The van der Waals surface area contributed by atoms with E-state index >= 15 is 0 Å². The maximum Gasteiger partial charge on any atom is 0.574 e. The van der Waals surface area contributed by atoms with Gasteiger partial charge in [-0.05, 0) is 6.07 Å². The topological polar surface area (TPSA) is 74.4 Å². The van der Waals surface area contributed by atoms with Gasteiger partial charge in [-0.1, -0.05) is 0 Å². The van der Waals surface area contributed by atoms with Crippen molar-refractivity contribution in [2.75, 3.05) is 7.11 Å². The van der Waals surface area contributed by atoms with Crippen molar-refractivity contribution < 1.29 is 27.4 Å². The van der Waals surface area contributed by atoms with Gasteiger partial charge in [-0.2, -0.15) is 0 Å². The Morgan fingerprint density at radius 3 is 2.59 bits per heavy atom. The van der Waals surface area contributed by atoms with Crippen LogP contribution in [0.3, 0.4) is 0 Å². The number of hydrogen-bond donors (Lipinski definition) is 1. The van der Waals surface area contributed by atoms with Crippen LogP contribution in [0.1, 0.15) is 16.1 Å². The molecule has 0 spiro atoms. The highest BCUT2D eigenvalue weighted by atomic mass is 19.4. The summed E-state index contributed by atoms with van der Waals surface area (Å²) in [5.74, 6) is -1.21. The van der Waals surface area contributed by atoms with Crippen LogP contribution < -0.4 is 15.2 Å². The number of carbonyl (C=O) groups is 1. The molecule has 0 unspecified atom stereocenters. The lowest BCUT2D eigenvalue weighted by atomic mass is 10.2. The van der Waals surface area contributed by atoms with E-state index in [0.717, 1.165) is 7.11 Å². The van der Waals surface area contributed by atoms with Gasteiger partial charge in [0.15, 0.2) is 12.0 Å². The normalized spacial score (nSPS) is 11.1. The Balaban J connectivity index is 3.29. The molecule has 94 valence electrons. The number of hydrogen-bond acceptors (Lipinski definition) is 5. The van der Waals surface area contributed by atoms with Gasteiger partial charge in [-0.25, -0.2) is 4.98 Å². The van der Waals surface area contributed by atoms with Gasteiger partial charge >= 0.3 is 6.36 Å². The number of aldehydes is 1. The Morgan fingerprint density at radius 1 is 1.53 bits per heavy atom. The molecule has 0 aromatic carbocycles. The summed E-state index contributed by atoms with van der Waals surface area (Å²) in [6.07, 6.45) is -4.59. The van der Waals surface area contributed by atoms with Crippen LogP contribution in [0, 0.1) is 0 Å². The molecular formula is C9H9F3N2O3. The number of pyridine rings is 1. The Kier molecular flexibility index (Phi) is 3.89. The number of rotatable bonds is 4. The third kappa shape index (κ3) is 3.31. The van der Waals surface area contributed by atoms with Crippen molar-refractivity contribution in [1.29, 1.82) is 0 Å². The first-order valence-electron chi connectivity index (χ1n) is 4.40. The third-order valence-electron chi connectivity index (χ3n) is 1.78. The number of methoxy groups -OCH3 is 1. The summed E-state index contributed by atoms with van der Waals surface area (Å²) in [6, 6.07) is 1.23. The first-order chi connectivity index (χ1) is 7.91. The summed E-state index contributed by atoms with van der Waals surface area (Å²) >= 11 is 0. The molecule has 0 fully saturated rings. The Bertz CT molecular complexity index is 421. The fourth-order valence-corrected chi connectivity index (χ4v) is 1.16. The first kappa shape index (κ1) is 13.2. The lowest BCUT2D eigenvalue weighted by Crippen LogP contribution is -2.19. The predicted octanol–water partition coefficient (Wildman–Crippen LogP) is 1.26. The van der Waals surface area contributed by atoms with Gasteiger partial charge in [0.1, 0.15) is 0 Å². The molecular weight excluding hydrogens is 241 g/mol. The van der Waals surface area contributed by atoms with Crippen molar-refractivity contribution in [3.63, 3.8) is 0 Å². The van der Waals surface area contributed by atoms with Crippen LogP contribution in [-0.4, -0.2) is 24.7 Å². The molecule has 0 radical (unpaired) electrons. The molecule has 0 saturated heterocycles. The van der Waals surface area contributed by atoms with E-state index in [1.807, 2.05) is 0 Å². The summed E-state index contributed by atoms with van der Waals surface area (Å²) in [5, 5.41) is 0. The molecule has 8 heteroatoms. The lowest BCUT2D eigenvalue weighted by molar-refractivity contribution is -0.276. The lowest BCUT2D eigenvalue weighted by Gasteiger charge is -2.13. The van der Waals surface area contributed by atoms with Gasteiger partial charge in [-0.3, -0.25) is 4.79 Å². The summed E-state index contributed by atoms with van der Waals surface area (Å²) in [6.45, 7) is -0.126. The number of alkyl halides is 3. The zero-order chi connectivity index (χ0) is 13.1. The Morgan fingerprint density at radius 2 is 2.18 bits per heavy atom. The van der Waals surface area contributed by atoms with Crippen LogP contribution in [0.5, 0.6) is 11.6 Å². The van der Waals surface area contributed by atoms with E-state index < -0.39 is 12.2 Å². The van der Waals surface area contributed by atoms with E-state index in [0.29, 0.717) is 6.29 Å². The maximum atomic E-state index is 12.1. The zero-order valence-electron chi connectivity index (χ0n) is 8.75. The average molecular weight is 250 g/mol. The van der Waals surface area contributed by atoms with E-state index in [1.165, 1.54) is 6.07 Å². The zero-order valence-corrected chi connectivity index (χ0v) is 8.75. The molecule has 1 heterocycles. The molecule has 1 aromatic rings. The maximum absolute atomic E-state index is 12.1. The molecule has 0 saturated carbocycles. The van der Waals surface area contributed by atoms with Gasteiger partial charge in [-0.15, -0.1) is 13.2 Å². The summed E-state index contributed by atoms with van der Waals surface area (Å²) in [7, 11) is 1.11. The SMILES string of the molecule is COc1c(C=O)cc(CN)nc1OC(F)(F)F. The molecule has 2 N–H and O–H groups in total. The fourth-order valence-electron chi connectivity index (χ4n) is 1.16. The van der Waals surface area contributed by atoms with E-state index in [2.05, 4.69) is 14.5 Å². The van der Waals surface area contributed by atoms with E-state index in [9.17, 15) is 18.0 Å². The molecule has 1 aromatic heterocycles. The van der Waals surface area contributed by atoms with Gasteiger partial charge in [0.25, 0.3) is 5.88 Å². The van der Waals surface area contributed by atoms with Crippen molar-refractivity contribution in [1.82, 2.24) is 4.98 Å². The van der Waals surface area contributed by atoms with Crippen LogP contribution in [-0.2, 0) is 6.54 Å². The minimum atomic E-state index is -4.92. The van der Waals surface area contributed by atoms with E-state index in [1.54, 1.807) is 0 Å². The largest absolute Gasteiger partial charge is 0.574 e. The van der Waals surface area contributed by atoms with Crippen LogP contribution in [0.4, 0.5) is 13.2 Å². The summed E-state index contributed by atoms with van der Waals surface area (Å²) < 4.78 is 44.6. The second-order valence-electron chi connectivity index (χ2n) is 2.91. The highest BCUT2D eigenvalue weighted by molar-refractivity contribution is 5.80. The van der Waals surface area contributed by atoms with Crippen LogP contribution in [0.2, 0.25) is 0 Å². The second kappa shape index (κ2) is 5.00. The molecule has 0 aliphatic carbocycles. The molecule has 1 rings (SSSR count). The Labute approximate surface area is 94.3 Å². The smallest absolute Gasteiger partial charge is 0.491 e. The van der Waals surface area contributed by atoms with Gasteiger partial charge < -0.3 is 15.2 Å². The van der Waals surface area contributed by atoms with Crippen molar-refractivity contribution in [2.24, 2.45) is 5.73 Å². The highest BCUT2D eigenvalue weighted by Crippen LogP contribution is 2.32. The number of halogens is 3. The van der Waals surface area contributed by atoms with Crippen molar-refractivity contribution in [3.05, 3.63) is 17.3 Å². The molecule has 0 aliphatic heterocycles. The first-order valence-corrected chi connectivity index (χ1v) is 4.40. The predicted molar refractivity (Wildman–Crippen MR) is 50.8 cm³/mol. The fraction of sp³-hybridized carbons (Fsp3) is 0.333. The number of aromatic nitrogens is 1. The molecule has 5 nitrogen and oxygen atoms in total. The minimum absolute atomic E-state index is 0.0900. The van der Waals surface area contributed by atoms with Crippen molar-refractivity contribution >= 4 is 6.29 Å². The molecule has 0 aliphatic rings.